The van der Waals surface area contributed by atoms with Gasteiger partial charge in [0.2, 0.25) is 5.95 Å². The molecule has 0 saturated carbocycles. The molecule has 4 rings (SSSR count). The number of hydrogen-bond acceptors (Lipinski definition) is 6. The fraction of sp³-hybridized carbons (Fsp3) is 0.125. The van der Waals surface area contributed by atoms with Crippen LogP contribution in [0.3, 0.4) is 0 Å². The fourth-order valence-electron chi connectivity index (χ4n) is 2.36. The average molecular weight is 341 g/mol. The van der Waals surface area contributed by atoms with Crippen LogP contribution in [0, 0.1) is 6.92 Å². The van der Waals surface area contributed by atoms with Crippen LogP contribution in [0.2, 0.25) is 0 Å². The Morgan fingerprint density at radius 1 is 1.21 bits per heavy atom. The fourth-order valence-corrected chi connectivity index (χ4v) is 2.53. The number of pyridine rings is 1. The molecule has 0 aliphatic rings. The Kier molecular flexibility index (Phi) is 3.62. The van der Waals surface area contributed by atoms with Crippen LogP contribution in [0.1, 0.15) is 11.4 Å². The van der Waals surface area contributed by atoms with Crippen LogP contribution in [-0.4, -0.2) is 25.1 Å². The zero-order valence-corrected chi connectivity index (χ0v) is 13.5. The number of rotatable bonds is 4. The molecule has 0 spiro atoms. The summed E-state index contributed by atoms with van der Waals surface area (Å²) in [6.07, 6.45) is 1.71. The Morgan fingerprint density at radius 2 is 2.12 bits per heavy atom. The second kappa shape index (κ2) is 5.93. The number of aryl methyl sites for hydroxylation is 1. The Labute approximate surface area is 142 Å². The molecule has 120 valence electrons. The Balaban J connectivity index is 1.65. The molecule has 0 fully saturated rings. The lowest BCUT2D eigenvalue weighted by Crippen LogP contribution is -1.95. The van der Waals surface area contributed by atoms with Crippen molar-refractivity contribution in [2.24, 2.45) is 0 Å². The first kappa shape index (κ1) is 14.6. The molecule has 0 radical (unpaired) electrons. The number of H-pyrrole nitrogens is 1. The highest BCUT2D eigenvalue weighted by Gasteiger charge is 2.10. The van der Waals surface area contributed by atoms with Gasteiger partial charge in [0.15, 0.2) is 5.82 Å². The van der Waals surface area contributed by atoms with E-state index in [0.717, 1.165) is 22.2 Å². The van der Waals surface area contributed by atoms with E-state index in [1.54, 1.807) is 13.1 Å². The lowest BCUT2D eigenvalue weighted by atomic mass is 10.2. The molecule has 2 N–H and O–H groups in total. The van der Waals surface area contributed by atoms with Gasteiger partial charge in [-0.05, 0) is 42.8 Å². The van der Waals surface area contributed by atoms with Crippen molar-refractivity contribution in [3.8, 4) is 11.5 Å². The summed E-state index contributed by atoms with van der Waals surface area (Å²) < 4.78 is 5.19. The average Bonchev–Trinajstić information content (AvgIpc) is 3.19. The first-order chi connectivity index (χ1) is 11.7. The number of alkyl halides is 1. The monoisotopic (exact) mass is 340 g/mol. The second-order valence-electron chi connectivity index (χ2n) is 5.27. The summed E-state index contributed by atoms with van der Waals surface area (Å²) in [5.41, 5.74) is 3.50. The van der Waals surface area contributed by atoms with Crippen molar-refractivity contribution in [2.45, 2.75) is 12.8 Å². The van der Waals surface area contributed by atoms with Crippen LogP contribution in [0.15, 0.2) is 41.1 Å². The van der Waals surface area contributed by atoms with Gasteiger partial charge in [0.05, 0.1) is 11.0 Å². The number of aromatic nitrogens is 5. The molecule has 4 aromatic rings. The summed E-state index contributed by atoms with van der Waals surface area (Å²) in [4.78, 5) is 16.2. The summed E-state index contributed by atoms with van der Waals surface area (Å²) >= 11 is 5.84. The van der Waals surface area contributed by atoms with Crippen molar-refractivity contribution in [3.05, 3.63) is 47.9 Å². The van der Waals surface area contributed by atoms with E-state index in [9.17, 15) is 0 Å². The molecule has 3 aromatic heterocycles. The summed E-state index contributed by atoms with van der Waals surface area (Å²) in [6, 6.07) is 9.46. The highest BCUT2D eigenvalue weighted by atomic mass is 35.5. The molecule has 1 aromatic carbocycles. The molecule has 0 saturated heterocycles. The highest BCUT2D eigenvalue weighted by molar-refractivity contribution is 6.17. The molecule has 8 heteroatoms. The van der Waals surface area contributed by atoms with Crippen LogP contribution >= 0.6 is 11.6 Å². The molecule has 0 amide bonds. The largest absolute Gasteiger partial charge is 0.334 e. The zero-order chi connectivity index (χ0) is 16.5. The van der Waals surface area contributed by atoms with Crippen LogP contribution in [0.25, 0.3) is 22.5 Å². The summed E-state index contributed by atoms with van der Waals surface area (Å²) in [7, 11) is 0. The van der Waals surface area contributed by atoms with Gasteiger partial charge >= 0.3 is 0 Å². The van der Waals surface area contributed by atoms with Gasteiger partial charge in [-0.25, -0.2) is 9.97 Å². The van der Waals surface area contributed by atoms with E-state index in [4.69, 9.17) is 16.1 Å². The van der Waals surface area contributed by atoms with E-state index in [1.807, 2.05) is 30.3 Å². The molecular weight excluding hydrogens is 328 g/mol. The van der Waals surface area contributed by atoms with Crippen molar-refractivity contribution in [2.75, 3.05) is 5.32 Å². The molecule has 24 heavy (non-hydrogen) atoms. The molecule has 0 unspecified atom stereocenters. The molecule has 0 aliphatic heterocycles. The zero-order valence-electron chi connectivity index (χ0n) is 12.7. The lowest BCUT2D eigenvalue weighted by Gasteiger charge is -2.02. The number of hydrogen-bond donors (Lipinski definition) is 2. The number of fused-ring (bicyclic) bond motifs is 1. The van der Waals surface area contributed by atoms with Crippen LogP contribution in [-0.2, 0) is 5.88 Å². The Morgan fingerprint density at radius 3 is 2.92 bits per heavy atom. The van der Waals surface area contributed by atoms with Gasteiger partial charge in [-0.2, -0.15) is 4.98 Å². The smallest absolute Gasteiger partial charge is 0.257 e. The van der Waals surface area contributed by atoms with Crippen LogP contribution in [0.4, 0.5) is 11.8 Å². The van der Waals surface area contributed by atoms with Crippen molar-refractivity contribution in [1.82, 2.24) is 25.1 Å². The lowest BCUT2D eigenvalue weighted by molar-refractivity contribution is 0.425. The molecule has 0 atom stereocenters. The van der Waals surface area contributed by atoms with Crippen LogP contribution < -0.4 is 5.32 Å². The molecule has 0 bridgehead atoms. The molecular formula is C16H13ClN6O. The maximum Gasteiger partial charge on any atom is 0.257 e. The molecule has 7 nitrogen and oxygen atoms in total. The maximum absolute atomic E-state index is 5.84. The molecule has 0 aliphatic carbocycles. The number of imidazole rings is 1. The first-order valence-electron chi connectivity index (χ1n) is 7.29. The van der Waals surface area contributed by atoms with E-state index in [-0.39, 0.29) is 0 Å². The van der Waals surface area contributed by atoms with Crippen molar-refractivity contribution in [1.29, 1.82) is 0 Å². The normalized spacial score (nSPS) is 11.1. The predicted molar refractivity (Wildman–Crippen MR) is 91.2 cm³/mol. The minimum Gasteiger partial charge on any atom is -0.334 e. The number of nitrogens with zero attached hydrogens (tertiary/aromatic N) is 4. The van der Waals surface area contributed by atoms with Gasteiger partial charge in [-0.15, -0.1) is 11.6 Å². The third-order valence-corrected chi connectivity index (χ3v) is 3.79. The van der Waals surface area contributed by atoms with Crippen molar-refractivity contribution < 1.29 is 4.52 Å². The minimum atomic E-state index is 0.435. The van der Waals surface area contributed by atoms with Crippen molar-refractivity contribution >= 4 is 34.4 Å². The summed E-state index contributed by atoms with van der Waals surface area (Å²) in [5.74, 6) is 2.80. The summed E-state index contributed by atoms with van der Waals surface area (Å²) in [5, 5.41) is 6.95. The van der Waals surface area contributed by atoms with Gasteiger partial charge < -0.3 is 14.8 Å². The van der Waals surface area contributed by atoms with E-state index >= 15 is 0 Å². The van der Waals surface area contributed by atoms with Gasteiger partial charge in [0.1, 0.15) is 5.82 Å². The quantitative estimate of drug-likeness (QED) is 0.549. The number of halogens is 1. The number of anilines is 2. The first-order valence-corrected chi connectivity index (χ1v) is 7.83. The number of nitrogens with one attached hydrogen (secondary N) is 2. The Hall–Kier alpha value is -2.93. The minimum absolute atomic E-state index is 0.435. The number of benzene rings is 1. The number of aromatic amines is 1. The topological polar surface area (TPSA) is 92.5 Å². The van der Waals surface area contributed by atoms with Gasteiger partial charge in [0.25, 0.3) is 5.89 Å². The highest BCUT2D eigenvalue weighted by Crippen LogP contribution is 2.24. The van der Waals surface area contributed by atoms with E-state index < -0.39 is 0 Å². The molecule has 3 heterocycles. The SMILES string of the molecule is Cc1noc(-c2ccc3nc(Nc4cc(CCl)ccn4)[nH]c3c2)n1. The van der Waals surface area contributed by atoms with E-state index in [2.05, 4.69) is 30.4 Å². The van der Waals surface area contributed by atoms with E-state index in [1.165, 1.54) is 0 Å². The summed E-state index contributed by atoms with van der Waals surface area (Å²) in [6.45, 7) is 1.78. The predicted octanol–water partition coefficient (Wildman–Crippen LogP) is 3.80. The van der Waals surface area contributed by atoms with Gasteiger partial charge in [-0.3, -0.25) is 0 Å². The van der Waals surface area contributed by atoms with Gasteiger partial charge in [-0.1, -0.05) is 5.16 Å². The van der Waals surface area contributed by atoms with Gasteiger partial charge in [0, 0.05) is 17.6 Å². The third kappa shape index (κ3) is 2.81. The third-order valence-electron chi connectivity index (χ3n) is 3.48. The Bertz CT molecular complexity index is 1010. The second-order valence-corrected chi connectivity index (χ2v) is 5.54. The maximum atomic E-state index is 5.84. The van der Waals surface area contributed by atoms with E-state index in [0.29, 0.717) is 29.4 Å². The van der Waals surface area contributed by atoms with Crippen molar-refractivity contribution in [3.63, 3.8) is 0 Å². The standard InChI is InChI=1S/C16H13ClN6O/c1-9-19-15(24-23-9)11-2-3-12-13(7-11)21-16(20-12)22-14-6-10(8-17)4-5-18-14/h2-7H,8H2,1H3,(H2,18,20,21,22). The van der Waals surface area contributed by atoms with Crippen LogP contribution in [0.5, 0.6) is 0 Å².